The van der Waals surface area contributed by atoms with Crippen molar-refractivity contribution < 1.29 is 19.7 Å². The number of carboxylic acids is 1. The van der Waals surface area contributed by atoms with Crippen molar-refractivity contribution in [2.75, 3.05) is 6.61 Å². The molecule has 2 aromatic carbocycles. The molecule has 2 aromatic rings. The van der Waals surface area contributed by atoms with Crippen molar-refractivity contribution >= 4 is 5.97 Å². The molecule has 0 bridgehead atoms. The zero-order chi connectivity index (χ0) is 14.5. The smallest absolute Gasteiger partial charge is 0.339 e. The summed E-state index contributed by atoms with van der Waals surface area (Å²) in [6.07, 6.45) is 0.675. The van der Waals surface area contributed by atoms with Crippen molar-refractivity contribution in [2.24, 2.45) is 0 Å². The molecule has 0 heterocycles. The van der Waals surface area contributed by atoms with E-state index in [-0.39, 0.29) is 17.1 Å². The van der Waals surface area contributed by atoms with E-state index >= 15 is 0 Å². The van der Waals surface area contributed by atoms with E-state index in [0.717, 1.165) is 5.56 Å². The number of ether oxygens (including phenoxy) is 1. The van der Waals surface area contributed by atoms with Gasteiger partial charge in [-0.2, -0.15) is 0 Å². The monoisotopic (exact) mass is 272 g/mol. The Morgan fingerprint density at radius 3 is 2.55 bits per heavy atom. The van der Waals surface area contributed by atoms with Gasteiger partial charge in [-0.05, 0) is 24.1 Å². The van der Waals surface area contributed by atoms with Crippen LogP contribution in [0.15, 0.2) is 42.5 Å². The number of carboxylic acid groups (broad SMARTS) is 1. The predicted octanol–water partition coefficient (Wildman–Crippen LogP) is 3.02. The van der Waals surface area contributed by atoms with Crippen molar-refractivity contribution in [1.29, 1.82) is 0 Å². The van der Waals surface area contributed by atoms with Gasteiger partial charge in [-0.1, -0.05) is 30.3 Å². The molecule has 0 aliphatic rings. The Morgan fingerprint density at radius 2 is 1.90 bits per heavy atom. The largest absolute Gasteiger partial charge is 0.508 e. The van der Waals surface area contributed by atoms with Crippen molar-refractivity contribution in [1.82, 2.24) is 0 Å². The van der Waals surface area contributed by atoms with E-state index in [2.05, 4.69) is 0 Å². The molecule has 0 amide bonds. The van der Waals surface area contributed by atoms with Gasteiger partial charge < -0.3 is 14.9 Å². The van der Waals surface area contributed by atoms with E-state index in [1.807, 2.05) is 30.3 Å². The van der Waals surface area contributed by atoms with E-state index < -0.39 is 5.97 Å². The highest BCUT2D eigenvalue weighted by Gasteiger charge is 2.16. The Kier molecular flexibility index (Phi) is 4.25. The summed E-state index contributed by atoms with van der Waals surface area (Å²) < 4.78 is 5.52. The van der Waals surface area contributed by atoms with Crippen LogP contribution in [0.3, 0.4) is 0 Å². The van der Waals surface area contributed by atoms with E-state index in [1.165, 1.54) is 12.1 Å². The fraction of sp³-hybridized carbons (Fsp3) is 0.188. The second-order valence-corrected chi connectivity index (χ2v) is 4.53. The average Bonchev–Trinajstić information content (AvgIpc) is 2.38. The Morgan fingerprint density at radius 1 is 1.20 bits per heavy atom. The van der Waals surface area contributed by atoms with Crippen LogP contribution in [0.2, 0.25) is 0 Å². The first-order valence-electron chi connectivity index (χ1n) is 6.31. The second kappa shape index (κ2) is 6.10. The van der Waals surface area contributed by atoms with Crippen LogP contribution in [0, 0.1) is 6.92 Å². The number of benzene rings is 2. The maximum Gasteiger partial charge on any atom is 0.339 e. The average molecular weight is 272 g/mol. The lowest BCUT2D eigenvalue weighted by atomic mass is 10.1. The lowest BCUT2D eigenvalue weighted by Gasteiger charge is -2.12. The SMILES string of the molecule is Cc1cc(O)cc(OCCc2ccccc2)c1C(=O)O. The highest BCUT2D eigenvalue weighted by Crippen LogP contribution is 2.28. The highest BCUT2D eigenvalue weighted by atomic mass is 16.5. The number of hydrogen-bond donors (Lipinski definition) is 2. The summed E-state index contributed by atoms with van der Waals surface area (Å²) in [6, 6.07) is 12.5. The summed E-state index contributed by atoms with van der Waals surface area (Å²) in [5.74, 6) is -0.856. The third-order valence-corrected chi connectivity index (χ3v) is 2.99. The van der Waals surface area contributed by atoms with Gasteiger partial charge in [0.05, 0.1) is 6.61 Å². The maximum atomic E-state index is 11.2. The number of carbonyl (C=O) groups is 1. The summed E-state index contributed by atoms with van der Waals surface area (Å²) in [5, 5.41) is 18.7. The molecular formula is C16H16O4. The molecule has 0 atom stereocenters. The van der Waals surface area contributed by atoms with Gasteiger partial charge in [0.25, 0.3) is 0 Å². The minimum atomic E-state index is -1.06. The topological polar surface area (TPSA) is 66.8 Å². The van der Waals surface area contributed by atoms with Crippen LogP contribution in [0.4, 0.5) is 0 Å². The molecule has 0 aliphatic heterocycles. The third kappa shape index (κ3) is 3.29. The fourth-order valence-corrected chi connectivity index (χ4v) is 2.05. The van der Waals surface area contributed by atoms with Gasteiger partial charge in [0, 0.05) is 12.5 Å². The highest BCUT2D eigenvalue weighted by molar-refractivity contribution is 5.92. The van der Waals surface area contributed by atoms with Gasteiger partial charge >= 0.3 is 5.97 Å². The van der Waals surface area contributed by atoms with Crippen LogP contribution in [-0.4, -0.2) is 22.8 Å². The number of aromatic hydroxyl groups is 1. The van der Waals surface area contributed by atoms with Crippen LogP contribution < -0.4 is 4.74 Å². The molecule has 104 valence electrons. The Labute approximate surface area is 117 Å². The number of phenols is 1. The van der Waals surface area contributed by atoms with Crippen LogP contribution >= 0.6 is 0 Å². The number of hydrogen-bond acceptors (Lipinski definition) is 3. The molecular weight excluding hydrogens is 256 g/mol. The summed E-state index contributed by atoms with van der Waals surface area (Å²) >= 11 is 0. The molecule has 4 heteroatoms. The minimum absolute atomic E-state index is 0.00205. The van der Waals surface area contributed by atoms with Crippen LogP contribution in [-0.2, 0) is 6.42 Å². The molecule has 0 aliphatic carbocycles. The second-order valence-electron chi connectivity index (χ2n) is 4.53. The van der Waals surface area contributed by atoms with Gasteiger partial charge in [-0.25, -0.2) is 4.79 Å². The van der Waals surface area contributed by atoms with E-state index in [9.17, 15) is 15.0 Å². The molecule has 2 N–H and O–H groups in total. The number of aromatic carboxylic acids is 1. The third-order valence-electron chi connectivity index (χ3n) is 2.99. The van der Waals surface area contributed by atoms with Gasteiger partial charge in [-0.15, -0.1) is 0 Å². The lowest BCUT2D eigenvalue weighted by Crippen LogP contribution is -2.08. The minimum Gasteiger partial charge on any atom is -0.508 e. The van der Waals surface area contributed by atoms with Gasteiger partial charge in [0.2, 0.25) is 0 Å². The Bertz CT molecular complexity index is 605. The van der Waals surface area contributed by atoms with E-state index in [0.29, 0.717) is 18.6 Å². The van der Waals surface area contributed by atoms with Crippen LogP contribution in [0.1, 0.15) is 21.5 Å². The molecule has 0 saturated heterocycles. The first-order chi connectivity index (χ1) is 9.58. The first-order valence-corrected chi connectivity index (χ1v) is 6.31. The lowest BCUT2D eigenvalue weighted by molar-refractivity contribution is 0.0691. The molecule has 0 aromatic heterocycles. The normalized spacial score (nSPS) is 10.2. The zero-order valence-electron chi connectivity index (χ0n) is 11.2. The Balaban J connectivity index is 2.11. The Hall–Kier alpha value is -2.49. The van der Waals surface area contributed by atoms with Crippen LogP contribution in [0.5, 0.6) is 11.5 Å². The van der Waals surface area contributed by atoms with Crippen molar-refractivity contribution in [3.05, 3.63) is 59.2 Å². The molecule has 0 fully saturated rings. The van der Waals surface area contributed by atoms with Gasteiger partial charge in [0.1, 0.15) is 17.1 Å². The van der Waals surface area contributed by atoms with Crippen LogP contribution in [0.25, 0.3) is 0 Å². The quantitative estimate of drug-likeness (QED) is 0.878. The molecule has 20 heavy (non-hydrogen) atoms. The standard InChI is InChI=1S/C16H16O4/c1-11-9-13(17)10-14(15(11)16(18)19)20-8-7-12-5-3-2-4-6-12/h2-6,9-10,17H,7-8H2,1H3,(H,18,19). The molecule has 4 nitrogen and oxygen atoms in total. The maximum absolute atomic E-state index is 11.2. The summed E-state index contributed by atoms with van der Waals surface area (Å²) in [6.45, 7) is 1.99. The van der Waals surface area contributed by atoms with Crippen molar-refractivity contribution in [3.63, 3.8) is 0 Å². The first kappa shape index (κ1) is 13.9. The molecule has 0 unspecified atom stereocenters. The molecule has 2 rings (SSSR count). The predicted molar refractivity (Wildman–Crippen MR) is 75.4 cm³/mol. The number of rotatable bonds is 5. The fourth-order valence-electron chi connectivity index (χ4n) is 2.05. The number of aryl methyl sites for hydroxylation is 1. The van der Waals surface area contributed by atoms with E-state index in [1.54, 1.807) is 6.92 Å². The molecule has 0 saturated carbocycles. The zero-order valence-corrected chi connectivity index (χ0v) is 11.2. The van der Waals surface area contributed by atoms with Gasteiger partial charge in [0.15, 0.2) is 0 Å². The molecule has 0 radical (unpaired) electrons. The summed E-state index contributed by atoms with van der Waals surface area (Å²) in [4.78, 5) is 11.2. The van der Waals surface area contributed by atoms with Crippen molar-refractivity contribution in [2.45, 2.75) is 13.3 Å². The summed E-state index contributed by atoms with van der Waals surface area (Å²) in [5.41, 5.74) is 1.68. The van der Waals surface area contributed by atoms with Crippen molar-refractivity contribution in [3.8, 4) is 11.5 Å². The van der Waals surface area contributed by atoms with E-state index in [4.69, 9.17) is 4.74 Å². The van der Waals surface area contributed by atoms with Gasteiger partial charge in [-0.3, -0.25) is 0 Å². The summed E-state index contributed by atoms with van der Waals surface area (Å²) in [7, 11) is 0. The number of phenolic OH excluding ortho intramolecular Hbond substituents is 1. The molecule has 0 spiro atoms.